The largest absolute Gasteiger partial charge is 0.356 e. The first-order valence-corrected chi connectivity index (χ1v) is 7.20. The lowest BCUT2D eigenvalue weighted by molar-refractivity contribution is 0.503. The van der Waals surface area contributed by atoms with Gasteiger partial charge in [-0.05, 0) is 23.8 Å². The molecule has 0 spiro atoms. The Morgan fingerprint density at radius 1 is 1.30 bits per heavy atom. The van der Waals surface area contributed by atoms with Crippen LogP contribution in [0.3, 0.4) is 0 Å². The van der Waals surface area contributed by atoms with Crippen LogP contribution in [0.15, 0.2) is 41.5 Å². The van der Waals surface area contributed by atoms with Crippen molar-refractivity contribution < 1.29 is 4.39 Å². The summed E-state index contributed by atoms with van der Waals surface area (Å²) in [5, 5.41) is 13.3. The summed E-state index contributed by atoms with van der Waals surface area (Å²) in [5.74, 6) is 0.478. The highest BCUT2D eigenvalue weighted by molar-refractivity contribution is 14.0. The predicted molar refractivity (Wildman–Crippen MR) is 102 cm³/mol. The van der Waals surface area contributed by atoms with Crippen LogP contribution in [0, 0.1) is 5.82 Å². The zero-order valence-corrected chi connectivity index (χ0v) is 15.9. The SMILES string of the molecule is CN=C(NCc1ccn[nH]1)NCC(C)(C)c1cccc(F)c1.I. The summed E-state index contributed by atoms with van der Waals surface area (Å²) < 4.78 is 13.4. The summed E-state index contributed by atoms with van der Waals surface area (Å²) in [6, 6.07) is 8.60. The van der Waals surface area contributed by atoms with E-state index in [1.807, 2.05) is 12.1 Å². The summed E-state index contributed by atoms with van der Waals surface area (Å²) in [4.78, 5) is 4.19. The van der Waals surface area contributed by atoms with Crippen molar-refractivity contribution in [2.75, 3.05) is 13.6 Å². The average molecular weight is 431 g/mol. The van der Waals surface area contributed by atoms with Crippen molar-refractivity contribution in [1.82, 2.24) is 20.8 Å². The molecule has 0 atom stereocenters. The van der Waals surface area contributed by atoms with Crippen molar-refractivity contribution in [3.05, 3.63) is 53.6 Å². The third-order valence-electron chi connectivity index (χ3n) is 3.53. The van der Waals surface area contributed by atoms with E-state index >= 15 is 0 Å². The fraction of sp³-hybridized carbons (Fsp3) is 0.375. The first-order chi connectivity index (χ1) is 10.5. The number of aromatic amines is 1. The summed E-state index contributed by atoms with van der Waals surface area (Å²) in [6.45, 7) is 5.38. The maximum atomic E-state index is 13.4. The fourth-order valence-corrected chi connectivity index (χ4v) is 2.10. The Bertz CT molecular complexity index is 625. The zero-order valence-electron chi connectivity index (χ0n) is 13.6. The average Bonchev–Trinajstić information content (AvgIpc) is 3.01. The van der Waals surface area contributed by atoms with E-state index in [0.29, 0.717) is 19.0 Å². The van der Waals surface area contributed by atoms with E-state index < -0.39 is 0 Å². The van der Waals surface area contributed by atoms with Crippen molar-refractivity contribution in [3.63, 3.8) is 0 Å². The predicted octanol–water partition coefficient (Wildman–Crippen LogP) is 2.81. The van der Waals surface area contributed by atoms with Gasteiger partial charge in [0.15, 0.2) is 5.96 Å². The lowest BCUT2D eigenvalue weighted by Gasteiger charge is -2.26. The van der Waals surface area contributed by atoms with Crippen molar-refractivity contribution in [2.45, 2.75) is 25.8 Å². The molecule has 0 radical (unpaired) electrons. The molecule has 0 unspecified atom stereocenters. The van der Waals surface area contributed by atoms with E-state index in [2.05, 4.69) is 39.7 Å². The Balaban J connectivity index is 0.00000264. The standard InChI is InChI=1S/C16H22FN5.HI/c1-16(2,12-5-4-6-13(17)9-12)11-20-15(18-3)19-10-14-7-8-21-22-14;/h4-9H,10-11H2,1-3H3,(H,21,22)(H2,18,19,20);1H. The van der Waals surface area contributed by atoms with Crippen LogP contribution >= 0.6 is 24.0 Å². The zero-order chi connectivity index (χ0) is 16.0. The van der Waals surface area contributed by atoms with E-state index in [-0.39, 0.29) is 35.2 Å². The van der Waals surface area contributed by atoms with Gasteiger partial charge in [-0.3, -0.25) is 10.1 Å². The Hall–Kier alpha value is -1.64. The van der Waals surface area contributed by atoms with Gasteiger partial charge in [0, 0.05) is 25.2 Å². The Morgan fingerprint density at radius 2 is 2.09 bits per heavy atom. The number of nitrogens with one attached hydrogen (secondary N) is 3. The van der Waals surface area contributed by atoms with Crippen LogP contribution in [0.4, 0.5) is 4.39 Å². The minimum Gasteiger partial charge on any atom is -0.356 e. The monoisotopic (exact) mass is 431 g/mol. The quantitative estimate of drug-likeness (QED) is 0.388. The third kappa shape index (κ3) is 5.81. The van der Waals surface area contributed by atoms with Crippen LogP contribution in [0.25, 0.3) is 0 Å². The van der Waals surface area contributed by atoms with Crippen molar-refractivity contribution in [3.8, 4) is 0 Å². The molecule has 0 amide bonds. The number of hydrogen-bond donors (Lipinski definition) is 3. The minimum absolute atomic E-state index is 0. The molecule has 0 fully saturated rings. The summed E-state index contributed by atoms with van der Waals surface area (Å²) in [6.07, 6.45) is 1.71. The number of H-pyrrole nitrogens is 1. The second-order valence-electron chi connectivity index (χ2n) is 5.76. The topological polar surface area (TPSA) is 65.1 Å². The van der Waals surface area contributed by atoms with Crippen LogP contribution in [0.2, 0.25) is 0 Å². The van der Waals surface area contributed by atoms with E-state index in [1.54, 1.807) is 25.4 Å². The molecule has 23 heavy (non-hydrogen) atoms. The second kappa shape index (κ2) is 8.85. The molecule has 1 aromatic heterocycles. The number of rotatable bonds is 5. The van der Waals surface area contributed by atoms with Crippen LogP contribution in [0.1, 0.15) is 25.1 Å². The molecule has 0 aliphatic carbocycles. The highest BCUT2D eigenvalue weighted by atomic mass is 127. The highest BCUT2D eigenvalue weighted by Gasteiger charge is 2.21. The molecule has 2 aromatic rings. The summed E-state index contributed by atoms with van der Waals surface area (Å²) in [7, 11) is 1.72. The van der Waals surface area contributed by atoms with Gasteiger partial charge in [0.2, 0.25) is 0 Å². The van der Waals surface area contributed by atoms with Gasteiger partial charge in [-0.2, -0.15) is 5.10 Å². The number of hydrogen-bond acceptors (Lipinski definition) is 2. The molecule has 5 nitrogen and oxygen atoms in total. The maximum Gasteiger partial charge on any atom is 0.191 e. The third-order valence-corrected chi connectivity index (χ3v) is 3.53. The van der Waals surface area contributed by atoms with Gasteiger partial charge in [-0.15, -0.1) is 24.0 Å². The van der Waals surface area contributed by atoms with Crippen molar-refractivity contribution >= 4 is 29.9 Å². The number of benzene rings is 1. The molecule has 7 heteroatoms. The van der Waals surface area contributed by atoms with Crippen LogP contribution in [-0.4, -0.2) is 29.7 Å². The molecular weight excluding hydrogens is 408 g/mol. The van der Waals surface area contributed by atoms with Gasteiger partial charge < -0.3 is 10.6 Å². The Kier molecular flexibility index (Phi) is 7.47. The first-order valence-electron chi connectivity index (χ1n) is 7.20. The van der Waals surface area contributed by atoms with Crippen molar-refractivity contribution in [1.29, 1.82) is 0 Å². The van der Waals surface area contributed by atoms with E-state index in [0.717, 1.165) is 11.3 Å². The maximum absolute atomic E-state index is 13.4. The summed E-state index contributed by atoms with van der Waals surface area (Å²) in [5.41, 5.74) is 1.71. The molecule has 0 saturated carbocycles. The molecule has 2 rings (SSSR count). The molecule has 0 aliphatic rings. The van der Waals surface area contributed by atoms with Gasteiger partial charge in [0.25, 0.3) is 0 Å². The van der Waals surface area contributed by atoms with E-state index in [1.165, 1.54) is 6.07 Å². The fourth-order valence-electron chi connectivity index (χ4n) is 2.10. The van der Waals surface area contributed by atoms with Gasteiger partial charge in [0.1, 0.15) is 5.82 Å². The smallest absolute Gasteiger partial charge is 0.191 e. The lowest BCUT2D eigenvalue weighted by Crippen LogP contribution is -2.43. The first kappa shape index (κ1) is 19.4. The highest BCUT2D eigenvalue weighted by Crippen LogP contribution is 2.22. The molecular formula is C16H23FIN5. The Morgan fingerprint density at radius 3 is 2.70 bits per heavy atom. The normalized spacial score (nSPS) is 11.7. The number of nitrogens with zero attached hydrogens (tertiary/aromatic N) is 2. The van der Waals surface area contributed by atoms with Gasteiger partial charge >= 0.3 is 0 Å². The molecule has 1 heterocycles. The van der Waals surface area contributed by atoms with Crippen molar-refractivity contribution in [2.24, 2.45) is 4.99 Å². The Labute approximate surface area is 153 Å². The molecule has 0 bridgehead atoms. The van der Waals surface area contributed by atoms with E-state index in [9.17, 15) is 4.39 Å². The molecule has 3 N–H and O–H groups in total. The van der Waals surface area contributed by atoms with Crippen LogP contribution < -0.4 is 10.6 Å². The minimum atomic E-state index is -0.215. The van der Waals surface area contributed by atoms with Crippen LogP contribution in [-0.2, 0) is 12.0 Å². The molecule has 0 aliphatic heterocycles. The number of halogens is 2. The molecule has 1 aromatic carbocycles. The van der Waals surface area contributed by atoms with Gasteiger partial charge in [-0.1, -0.05) is 26.0 Å². The summed E-state index contributed by atoms with van der Waals surface area (Å²) >= 11 is 0. The van der Waals surface area contributed by atoms with Gasteiger partial charge in [-0.25, -0.2) is 4.39 Å². The van der Waals surface area contributed by atoms with Gasteiger partial charge in [0.05, 0.1) is 12.2 Å². The number of guanidine groups is 1. The second-order valence-corrected chi connectivity index (χ2v) is 5.76. The number of aliphatic imine (C=N–C) groups is 1. The molecule has 0 saturated heterocycles. The number of aromatic nitrogens is 2. The lowest BCUT2D eigenvalue weighted by atomic mass is 9.84. The molecule has 126 valence electrons. The van der Waals surface area contributed by atoms with Crippen LogP contribution in [0.5, 0.6) is 0 Å². The van der Waals surface area contributed by atoms with E-state index in [4.69, 9.17) is 0 Å².